The third kappa shape index (κ3) is 4.10. The minimum atomic E-state index is -0.491. The molecule has 1 atom stereocenters. The third-order valence-electron chi connectivity index (χ3n) is 4.57. The highest BCUT2D eigenvalue weighted by Crippen LogP contribution is 2.33. The van der Waals surface area contributed by atoms with Gasteiger partial charge in [-0.05, 0) is 49.6 Å². The molecule has 1 amide bonds. The van der Waals surface area contributed by atoms with Crippen molar-refractivity contribution in [3.05, 3.63) is 53.6 Å². The van der Waals surface area contributed by atoms with Crippen molar-refractivity contribution >= 4 is 11.6 Å². The Hall–Kier alpha value is -2.69. The van der Waals surface area contributed by atoms with E-state index in [-0.39, 0.29) is 5.91 Å². The Bertz CT molecular complexity index is 776. The quantitative estimate of drug-likeness (QED) is 0.810. The smallest absolute Gasteiger partial charge is 0.262 e. The molecule has 0 fully saturated rings. The number of benzene rings is 2. The van der Waals surface area contributed by atoms with Gasteiger partial charge >= 0.3 is 0 Å². The number of para-hydroxylation sites is 2. The number of carbonyl (C=O) groups excluding carboxylic acids is 1. The van der Waals surface area contributed by atoms with E-state index in [0.29, 0.717) is 13.2 Å². The van der Waals surface area contributed by atoms with Gasteiger partial charge in [0.15, 0.2) is 6.10 Å². The number of anilines is 1. The van der Waals surface area contributed by atoms with Crippen LogP contribution in [-0.2, 0) is 4.79 Å². The summed E-state index contributed by atoms with van der Waals surface area (Å²) in [5.74, 6) is 1.59. The van der Waals surface area contributed by atoms with Gasteiger partial charge < -0.3 is 19.7 Å². The van der Waals surface area contributed by atoms with Crippen LogP contribution in [0, 0.1) is 13.8 Å². The van der Waals surface area contributed by atoms with Crippen LogP contribution in [0.4, 0.5) is 5.69 Å². The van der Waals surface area contributed by atoms with E-state index >= 15 is 0 Å². The lowest BCUT2D eigenvalue weighted by atomic mass is 10.1. The molecular weight excluding hydrogens is 328 g/mol. The van der Waals surface area contributed by atoms with Gasteiger partial charge in [-0.15, -0.1) is 0 Å². The van der Waals surface area contributed by atoms with Crippen molar-refractivity contribution in [1.29, 1.82) is 0 Å². The summed E-state index contributed by atoms with van der Waals surface area (Å²) in [5.41, 5.74) is 3.37. The highest BCUT2D eigenvalue weighted by Gasteiger charge is 2.29. The zero-order chi connectivity index (χ0) is 18.5. The van der Waals surface area contributed by atoms with Crippen molar-refractivity contribution in [2.75, 3.05) is 31.6 Å². The molecule has 5 heteroatoms. The first kappa shape index (κ1) is 18.1. The first-order chi connectivity index (χ1) is 12.6. The van der Waals surface area contributed by atoms with E-state index in [2.05, 4.69) is 42.3 Å². The highest BCUT2D eigenvalue weighted by molar-refractivity contribution is 5.83. The molecule has 0 saturated heterocycles. The number of ether oxygens (including phenoxy) is 2. The summed E-state index contributed by atoms with van der Waals surface area (Å²) in [4.78, 5) is 14.2. The maximum atomic E-state index is 12.0. The molecule has 1 N–H and O–H groups in total. The van der Waals surface area contributed by atoms with Crippen LogP contribution in [0.3, 0.4) is 0 Å². The second kappa shape index (κ2) is 8.13. The summed E-state index contributed by atoms with van der Waals surface area (Å²) in [6.45, 7) is 6.10. The van der Waals surface area contributed by atoms with Crippen LogP contribution < -0.4 is 19.7 Å². The molecule has 5 nitrogen and oxygen atoms in total. The van der Waals surface area contributed by atoms with Gasteiger partial charge in [0.05, 0.1) is 18.8 Å². The van der Waals surface area contributed by atoms with Crippen LogP contribution in [0.2, 0.25) is 0 Å². The van der Waals surface area contributed by atoms with Crippen molar-refractivity contribution in [2.24, 2.45) is 0 Å². The number of hydrogen-bond donors (Lipinski definition) is 1. The number of rotatable bonds is 6. The third-order valence-corrected chi connectivity index (χ3v) is 4.57. The van der Waals surface area contributed by atoms with Gasteiger partial charge in [0, 0.05) is 13.6 Å². The number of aryl methyl sites for hydroxylation is 2. The molecule has 1 heterocycles. The minimum absolute atomic E-state index is 0.101. The molecule has 138 valence electrons. The molecule has 2 aromatic carbocycles. The Morgan fingerprint density at radius 3 is 2.88 bits per heavy atom. The van der Waals surface area contributed by atoms with Crippen molar-refractivity contribution < 1.29 is 14.3 Å². The predicted octanol–water partition coefficient (Wildman–Crippen LogP) is 3.09. The van der Waals surface area contributed by atoms with E-state index < -0.39 is 6.10 Å². The fourth-order valence-electron chi connectivity index (χ4n) is 3.12. The molecule has 0 aromatic heterocycles. The summed E-state index contributed by atoms with van der Waals surface area (Å²) in [7, 11) is 1.63. The largest absolute Gasteiger partial charge is 0.493 e. The van der Waals surface area contributed by atoms with Crippen molar-refractivity contribution in [2.45, 2.75) is 26.4 Å². The van der Waals surface area contributed by atoms with Gasteiger partial charge in [0.1, 0.15) is 11.5 Å². The summed E-state index contributed by atoms with van der Waals surface area (Å²) in [5, 5.41) is 2.67. The topological polar surface area (TPSA) is 50.8 Å². The SMILES string of the molecule is CNC(=O)[C@@H]1CN(CCCOc2cc(C)ccc2C)c2ccccc2O1. The molecular formula is C21H26N2O3. The molecule has 0 aliphatic carbocycles. The molecule has 1 aliphatic heterocycles. The average molecular weight is 354 g/mol. The number of fused-ring (bicyclic) bond motifs is 1. The maximum absolute atomic E-state index is 12.0. The van der Waals surface area contributed by atoms with E-state index in [4.69, 9.17) is 9.47 Å². The number of nitrogens with zero attached hydrogens (tertiary/aromatic N) is 1. The van der Waals surface area contributed by atoms with Crippen LogP contribution in [0.25, 0.3) is 0 Å². The summed E-state index contributed by atoms with van der Waals surface area (Å²) in [6, 6.07) is 14.1. The first-order valence-corrected chi connectivity index (χ1v) is 9.01. The van der Waals surface area contributed by atoms with E-state index in [1.807, 2.05) is 24.3 Å². The van der Waals surface area contributed by atoms with Crippen molar-refractivity contribution in [3.63, 3.8) is 0 Å². The van der Waals surface area contributed by atoms with E-state index in [9.17, 15) is 4.79 Å². The van der Waals surface area contributed by atoms with E-state index in [1.165, 1.54) is 5.56 Å². The van der Waals surface area contributed by atoms with Gasteiger partial charge in [0.25, 0.3) is 5.91 Å². The molecule has 0 spiro atoms. The first-order valence-electron chi connectivity index (χ1n) is 9.01. The molecule has 1 aliphatic rings. The summed E-state index contributed by atoms with van der Waals surface area (Å²) < 4.78 is 11.8. The molecule has 2 aromatic rings. The normalized spacial score (nSPS) is 15.8. The highest BCUT2D eigenvalue weighted by atomic mass is 16.5. The van der Waals surface area contributed by atoms with Gasteiger partial charge in [-0.1, -0.05) is 24.3 Å². The molecule has 0 bridgehead atoms. The molecule has 0 radical (unpaired) electrons. The second-order valence-corrected chi connectivity index (χ2v) is 6.61. The molecule has 3 rings (SSSR count). The standard InChI is InChI=1S/C21H26N2O3/c1-15-9-10-16(2)19(13-15)25-12-6-11-23-14-20(21(24)22-3)26-18-8-5-4-7-17(18)23/h4-5,7-10,13,20H,6,11-12,14H2,1-3H3,(H,22,24)/t20-/m0/s1. The lowest BCUT2D eigenvalue weighted by molar-refractivity contribution is -0.127. The monoisotopic (exact) mass is 354 g/mol. The van der Waals surface area contributed by atoms with Gasteiger partial charge in [-0.3, -0.25) is 4.79 Å². The lowest BCUT2D eigenvalue weighted by Gasteiger charge is -2.35. The average Bonchev–Trinajstić information content (AvgIpc) is 2.66. The van der Waals surface area contributed by atoms with Gasteiger partial charge in [-0.2, -0.15) is 0 Å². The Kier molecular flexibility index (Phi) is 5.66. The number of amides is 1. The fourth-order valence-corrected chi connectivity index (χ4v) is 3.12. The predicted molar refractivity (Wildman–Crippen MR) is 103 cm³/mol. The maximum Gasteiger partial charge on any atom is 0.262 e. The Labute approximate surface area is 154 Å². The van der Waals surface area contributed by atoms with Gasteiger partial charge in [-0.25, -0.2) is 0 Å². The number of likely N-dealkylation sites (N-methyl/N-ethyl adjacent to an activating group) is 1. The molecule has 26 heavy (non-hydrogen) atoms. The minimum Gasteiger partial charge on any atom is -0.493 e. The molecule has 0 saturated carbocycles. The van der Waals surface area contributed by atoms with Crippen LogP contribution in [-0.4, -0.2) is 38.8 Å². The van der Waals surface area contributed by atoms with Crippen molar-refractivity contribution in [1.82, 2.24) is 5.32 Å². The van der Waals surface area contributed by atoms with Crippen LogP contribution in [0.5, 0.6) is 11.5 Å². The van der Waals surface area contributed by atoms with E-state index in [1.54, 1.807) is 7.05 Å². The zero-order valence-electron chi connectivity index (χ0n) is 15.6. The Morgan fingerprint density at radius 2 is 2.08 bits per heavy atom. The zero-order valence-corrected chi connectivity index (χ0v) is 15.6. The van der Waals surface area contributed by atoms with Crippen molar-refractivity contribution in [3.8, 4) is 11.5 Å². The second-order valence-electron chi connectivity index (χ2n) is 6.61. The van der Waals surface area contributed by atoms with E-state index in [0.717, 1.165) is 35.7 Å². The van der Waals surface area contributed by atoms with Crippen LogP contribution in [0.1, 0.15) is 17.5 Å². The van der Waals surface area contributed by atoms with Crippen LogP contribution in [0.15, 0.2) is 42.5 Å². The Morgan fingerprint density at radius 1 is 1.27 bits per heavy atom. The summed E-state index contributed by atoms with van der Waals surface area (Å²) >= 11 is 0. The number of carbonyl (C=O) groups is 1. The van der Waals surface area contributed by atoms with Gasteiger partial charge in [0.2, 0.25) is 0 Å². The lowest BCUT2D eigenvalue weighted by Crippen LogP contribution is -2.48. The molecule has 0 unspecified atom stereocenters. The summed E-state index contributed by atoms with van der Waals surface area (Å²) in [6.07, 6.45) is 0.372. The number of nitrogens with one attached hydrogen (secondary N) is 1. The number of hydrogen-bond acceptors (Lipinski definition) is 4. The fraction of sp³-hybridized carbons (Fsp3) is 0.381. The Balaban J connectivity index is 1.61. The van der Waals surface area contributed by atoms with Crippen LogP contribution >= 0.6 is 0 Å².